The van der Waals surface area contributed by atoms with E-state index in [-0.39, 0.29) is 6.42 Å². The Morgan fingerprint density at radius 1 is 1.14 bits per heavy atom. The van der Waals surface area contributed by atoms with Gasteiger partial charge in [-0.3, -0.25) is 9.78 Å². The van der Waals surface area contributed by atoms with Gasteiger partial charge >= 0.3 is 5.97 Å². The summed E-state index contributed by atoms with van der Waals surface area (Å²) in [5.41, 5.74) is 4.07. The Hall–Kier alpha value is -3.67. The van der Waals surface area contributed by atoms with E-state index in [2.05, 4.69) is 20.6 Å². The SMILES string of the molecule is COC1C(Nc2nc(Nc3cc(C)nc(C)c3)ncc2-c2nc3ccccc3s2)CC(C(=O)O)C1O. The van der Waals surface area contributed by atoms with Crippen LogP contribution in [-0.2, 0) is 9.53 Å². The van der Waals surface area contributed by atoms with Gasteiger partial charge in [-0.05, 0) is 44.5 Å². The smallest absolute Gasteiger partial charge is 0.309 e. The van der Waals surface area contributed by atoms with Crippen molar-refractivity contribution in [2.24, 2.45) is 5.92 Å². The Bertz CT molecular complexity index is 1370. The van der Waals surface area contributed by atoms with E-state index >= 15 is 0 Å². The first kappa shape index (κ1) is 24.0. The summed E-state index contributed by atoms with van der Waals surface area (Å²) in [7, 11) is 1.46. The van der Waals surface area contributed by atoms with Gasteiger partial charge in [-0.1, -0.05) is 12.1 Å². The lowest BCUT2D eigenvalue weighted by Crippen LogP contribution is -2.38. The zero-order valence-electron chi connectivity index (χ0n) is 20.0. The summed E-state index contributed by atoms with van der Waals surface area (Å²) in [4.78, 5) is 30.1. The predicted octanol–water partition coefficient (Wildman–Crippen LogP) is 3.77. The molecule has 4 unspecified atom stereocenters. The number of aliphatic carboxylic acids is 1. The van der Waals surface area contributed by atoms with Crippen LogP contribution in [0.1, 0.15) is 17.8 Å². The summed E-state index contributed by atoms with van der Waals surface area (Å²) in [6.45, 7) is 3.83. The molecule has 5 rings (SSSR count). The van der Waals surface area contributed by atoms with Crippen LogP contribution in [0.5, 0.6) is 0 Å². The summed E-state index contributed by atoms with van der Waals surface area (Å²) in [5, 5.41) is 27.4. The van der Waals surface area contributed by atoms with E-state index in [4.69, 9.17) is 14.7 Å². The average molecular weight is 507 g/mol. The number of pyridine rings is 1. The molecule has 11 heteroatoms. The molecule has 0 bridgehead atoms. The number of nitrogens with one attached hydrogen (secondary N) is 2. The summed E-state index contributed by atoms with van der Waals surface area (Å²) < 4.78 is 6.51. The van der Waals surface area contributed by atoms with Gasteiger partial charge in [0.1, 0.15) is 16.9 Å². The lowest BCUT2D eigenvalue weighted by Gasteiger charge is -2.23. The van der Waals surface area contributed by atoms with Crippen molar-refractivity contribution in [1.29, 1.82) is 0 Å². The number of aliphatic hydroxyl groups is 1. The number of hydrogen-bond donors (Lipinski definition) is 4. The van der Waals surface area contributed by atoms with Crippen molar-refractivity contribution in [3.05, 3.63) is 54.0 Å². The van der Waals surface area contributed by atoms with E-state index in [1.807, 2.05) is 50.2 Å². The summed E-state index contributed by atoms with van der Waals surface area (Å²) in [5.74, 6) is -1.18. The molecule has 1 aromatic carbocycles. The summed E-state index contributed by atoms with van der Waals surface area (Å²) in [6.07, 6.45) is 0.0198. The van der Waals surface area contributed by atoms with Crippen LogP contribution in [-0.4, -0.2) is 61.5 Å². The number of para-hydroxylation sites is 1. The van der Waals surface area contributed by atoms with Crippen LogP contribution in [0, 0.1) is 19.8 Å². The van der Waals surface area contributed by atoms with Crippen LogP contribution in [0.4, 0.5) is 17.5 Å². The fourth-order valence-corrected chi connectivity index (χ4v) is 5.59. The summed E-state index contributed by atoms with van der Waals surface area (Å²) >= 11 is 1.51. The van der Waals surface area contributed by atoms with Crippen molar-refractivity contribution in [2.75, 3.05) is 17.7 Å². The maximum absolute atomic E-state index is 11.7. The van der Waals surface area contributed by atoms with Gasteiger partial charge in [-0.2, -0.15) is 4.98 Å². The summed E-state index contributed by atoms with van der Waals surface area (Å²) in [6, 6.07) is 11.2. The number of rotatable bonds is 7. The van der Waals surface area contributed by atoms with Gasteiger partial charge in [-0.25, -0.2) is 9.97 Å². The normalized spacial score (nSPS) is 21.6. The number of benzene rings is 1. The highest BCUT2D eigenvalue weighted by molar-refractivity contribution is 7.21. The minimum Gasteiger partial charge on any atom is -0.481 e. The number of carboxylic acid groups (broad SMARTS) is 1. The highest BCUT2D eigenvalue weighted by atomic mass is 32.1. The van der Waals surface area contributed by atoms with Crippen LogP contribution in [0.15, 0.2) is 42.6 Å². The number of aromatic nitrogens is 4. The van der Waals surface area contributed by atoms with Crippen molar-refractivity contribution in [3.63, 3.8) is 0 Å². The highest BCUT2D eigenvalue weighted by Crippen LogP contribution is 2.37. The van der Waals surface area contributed by atoms with Crippen LogP contribution >= 0.6 is 11.3 Å². The number of hydrogen-bond acceptors (Lipinski definition) is 10. The van der Waals surface area contributed by atoms with Crippen LogP contribution in [0.25, 0.3) is 20.8 Å². The fourth-order valence-electron chi connectivity index (χ4n) is 4.61. The maximum Gasteiger partial charge on any atom is 0.309 e. The molecule has 0 aliphatic heterocycles. The highest BCUT2D eigenvalue weighted by Gasteiger charge is 2.46. The van der Waals surface area contributed by atoms with E-state index in [0.29, 0.717) is 17.3 Å². The molecule has 0 amide bonds. The van der Waals surface area contributed by atoms with Gasteiger partial charge < -0.3 is 25.6 Å². The molecule has 4 aromatic rings. The molecule has 1 aliphatic rings. The zero-order valence-corrected chi connectivity index (χ0v) is 20.8. The molecule has 3 aromatic heterocycles. The number of methoxy groups -OCH3 is 1. The molecule has 0 radical (unpaired) electrons. The van der Waals surface area contributed by atoms with E-state index in [1.165, 1.54) is 18.4 Å². The number of thiazole rings is 1. The molecular formula is C25H26N6O4S. The second kappa shape index (κ2) is 9.76. The number of fused-ring (bicyclic) bond motifs is 1. The molecule has 186 valence electrons. The molecule has 0 saturated heterocycles. The third-order valence-electron chi connectivity index (χ3n) is 6.22. The lowest BCUT2D eigenvalue weighted by atomic mass is 10.1. The Morgan fingerprint density at radius 2 is 1.89 bits per heavy atom. The van der Waals surface area contributed by atoms with Crippen molar-refractivity contribution in [2.45, 2.75) is 38.5 Å². The van der Waals surface area contributed by atoms with E-state index in [1.54, 1.807) is 6.20 Å². The number of anilines is 3. The minimum atomic E-state index is -1.14. The molecule has 10 nitrogen and oxygen atoms in total. The van der Waals surface area contributed by atoms with Gasteiger partial charge in [0.2, 0.25) is 5.95 Å². The van der Waals surface area contributed by atoms with Crippen LogP contribution in [0.3, 0.4) is 0 Å². The molecule has 4 N–H and O–H groups in total. The minimum absolute atomic E-state index is 0.184. The second-order valence-corrected chi connectivity index (χ2v) is 9.86. The number of carbonyl (C=O) groups is 1. The van der Waals surface area contributed by atoms with Gasteiger partial charge in [-0.15, -0.1) is 11.3 Å². The first-order valence-electron chi connectivity index (χ1n) is 11.5. The van der Waals surface area contributed by atoms with Crippen molar-refractivity contribution >= 4 is 45.0 Å². The number of aryl methyl sites for hydroxylation is 2. The Labute approximate surface area is 211 Å². The third kappa shape index (κ3) is 4.72. The topological polar surface area (TPSA) is 142 Å². The third-order valence-corrected chi connectivity index (χ3v) is 7.29. The molecule has 36 heavy (non-hydrogen) atoms. The molecular weight excluding hydrogens is 480 g/mol. The lowest BCUT2D eigenvalue weighted by molar-refractivity contribution is -0.146. The van der Waals surface area contributed by atoms with Gasteiger partial charge in [0.25, 0.3) is 0 Å². The number of carboxylic acids is 1. The monoisotopic (exact) mass is 506 g/mol. The van der Waals surface area contributed by atoms with Crippen LogP contribution in [0.2, 0.25) is 0 Å². The van der Waals surface area contributed by atoms with Gasteiger partial charge in [0.15, 0.2) is 0 Å². The number of aliphatic hydroxyl groups excluding tert-OH is 1. The predicted molar refractivity (Wildman–Crippen MR) is 138 cm³/mol. The van der Waals surface area contributed by atoms with Crippen molar-refractivity contribution in [3.8, 4) is 10.6 Å². The Balaban J connectivity index is 1.54. The zero-order chi connectivity index (χ0) is 25.4. The van der Waals surface area contributed by atoms with Crippen LogP contribution < -0.4 is 10.6 Å². The molecule has 1 aliphatic carbocycles. The van der Waals surface area contributed by atoms with Crippen molar-refractivity contribution in [1.82, 2.24) is 19.9 Å². The Morgan fingerprint density at radius 3 is 2.58 bits per heavy atom. The van der Waals surface area contributed by atoms with Gasteiger partial charge in [0, 0.05) is 30.4 Å². The quantitative estimate of drug-likeness (QED) is 0.292. The fraction of sp³-hybridized carbons (Fsp3) is 0.320. The first-order valence-corrected chi connectivity index (χ1v) is 12.3. The van der Waals surface area contributed by atoms with Crippen molar-refractivity contribution < 1.29 is 19.7 Å². The van der Waals surface area contributed by atoms with Gasteiger partial charge in [0.05, 0.1) is 33.8 Å². The molecule has 4 atom stereocenters. The number of ether oxygens (including phenoxy) is 1. The van der Waals surface area contributed by atoms with E-state index < -0.39 is 30.1 Å². The molecule has 1 saturated carbocycles. The second-order valence-electron chi connectivity index (χ2n) is 8.83. The molecule has 3 heterocycles. The van der Waals surface area contributed by atoms with E-state index in [0.717, 1.165) is 32.3 Å². The molecule has 0 spiro atoms. The standard InChI is InChI=1S/C25H26N6O4S/c1-12-8-14(9-13(2)27-12)28-25-26-11-16(23-30-17-6-4-5-7-19(17)36-23)22(31-25)29-18-10-15(24(33)34)20(32)21(18)35-3/h4-9,11,15,18,20-21,32H,10H2,1-3H3,(H,33,34)(H2,26,27,28,29,31). The maximum atomic E-state index is 11.7. The molecule has 1 fully saturated rings. The number of nitrogens with zero attached hydrogens (tertiary/aromatic N) is 4. The Kier molecular flexibility index (Phi) is 6.52. The van der Waals surface area contributed by atoms with E-state index in [9.17, 15) is 15.0 Å². The first-order chi connectivity index (χ1) is 17.3. The largest absolute Gasteiger partial charge is 0.481 e. The average Bonchev–Trinajstić information content (AvgIpc) is 3.39.